The van der Waals surface area contributed by atoms with Gasteiger partial charge in [-0.05, 0) is 49.4 Å². The van der Waals surface area contributed by atoms with Crippen molar-refractivity contribution in [3.63, 3.8) is 0 Å². The Morgan fingerprint density at radius 1 is 1.44 bits per heavy atom. The summed E-state index contributed by atoms with van der Waals surface area (Å²) in [7, 11) is 0. The monoisotopic (exact) mass is 281 g/mol. The lowest BCUT2D eigenvalue weighted by atomic mass is 10.1. The average molecular weight is 282 g/mol. The first kappa shape index (κ1) is 11.6. The Balaban J connectivity index is 2.12. The van der Waals surface area contributed by atoms with Crippen LogP contribution < -0.4 is 5.32 Å². The molecule has 3 heteroatoms. The number of hydrogen-bond donors (Lipinski definition) is 1. The Morgan fingerprint density at radius 2 is 2.19 bits per heavy atom. The zero-order chi connectivity index (χ0) is 11.5. The summed E-state index contributed by atoms with van der Waals surface area (Å²) in [4.78, 5) is 11.9. The van der Waals surface area contributed by atoms with Gasteiger partial charge in [-0.1, -0.05) is 22.0 Å². The Kier molecular flexibility index (Phi) is 3.64. The number of carbonyl (C=O) groups excluding carboxylic acids is 1. The molecule has 0 bridgehead atoms. The van der Waals surface area contributed by atoms with Crippen LogP contribution in [0.15, 0.2) is 18.2 Å². The van der Waals surface area contributed by atoms with E-state index < -0.39 is 0 Å². The fourth-order valence-corrected chi connectivity index (χ4v) is 2.22. The van der Waals surface area contributed by atoms with Crippen LogP contribution in [0, 0.1) is 0 Å². The molecule has 0 fully saturated rings. The summed E-state index contributed by atoms with van der Waals surface area (Å²) in [6, 6.07) is 6.23. The second-order valence-electron chi connectivity index (χ2n) is 4.37. The van der Waals surface area contributed by atoms with Gasteiger partial charge < -0.3 is 5.32 Å². The zero-order valence-corrected chi connectivity index (χ0v) is 11.0. The molecule has 1 aliphatic carbocycles. The highest BCUT2D eigenvalue weighted by atomic mass is 79.9. The second kappa shape index (κ2) is 5.00. The van der Waals surface area contributed by atoms with E-state index in [0.29, 0.717) is 0 Å². The highest BCUT2D eigenvalue weighted by Gasteiger charge is 2.14. The van der Waals surface area contributed by atoms with E-state index in [-0.39, 0.29) is 11.9 Å². The van der Waals surface area contributed by atoms with Gasteiger partial charge in [0, 0.05) is 16.9 Å². The fourth-order valence-electron chi connectivity index (χ4n) is 2.06. The van der Waals surface area contributed by atoms with Gasteiger partial charge in [0.2, 0.25) is 0 Å². The SMILES string of the molecule is CC(CBr)NC(=O)c1ccc2c(c1)CCC2. The molecule has 0 saturated heterocycles. The maximum absolute atomic E-state index is 11.9. The standard InChI is InChI=1S/C13H16BrNO/c1-9(8-14)15-13(16)12-6-5-10-3-2-4-11(10)7-12/h5-7,9H,2-4,8H2,1H3,(H,15,16). The Labute approximate surface area is 105 Å². The molecule has 1 amide bonds. The first-order valence-corrected chi connectivity index (χ1v) is 6.81. The van der Waals surface area contributed by atoms with Gasteiger partial charge in [-0.25, -0.2) is 0 Å². The molecule has 0 heterocycles. The van der Waals surface area contributed by atoms with E-state index in [2.05, 4.69) is 27.3 Å². The summed E-state index contributed by atoms with van der Waals surface area (Å²) in [5, 5.41) is 3.73. The molecular formula is C13H16BrNO. The molecule has 0 saturated carbocycles. The molecule has 0 aromatic heterocycles. The molecule has 1 unspecified atom stereocenters. The summed E-state index contributed by atoms with van der Waals surface area (Å²) in [6.07, 6.45) is 3.50. The van der Waals surface area contributed by atoms with E-state index in [9.17, 15) is 4.79 Å². The van der Waals surface area contributed by atoms with Crippen molar-refractivity contribution in [3.8, 4) is 0 Å². The number of alkyl halides is 1. The van der Waals surface area contributed by atoms with Gasteiger partial charge in [-0.15, -0.1) is 0 Å². The van der Waals surface area contributed by atoms with Crippen LogP contribution in [0.3, 0.4) is 0 Å². The van der Waals surface area contributed by atoms with Crippen LogP contribution in [0.2, 0.25) is 0 Å². The lowest BCUT2D eigenvalue weighted by Gasteiger charge is -2.11. The lowest BCUT2D eigenvalue weighted by molar-refractivity contribution is 0.0944. The Hall–Kier alpha value is -0.830. The molecule has 1 aliphatic rings. The van der Waals surface area contributed by atoms with Crippen molar-refractivity contribution in [2.24, 2.45) is 0 Å². The van der Waals surface area contributed by atoms with Crippen molar-refractivity contribution in [3.05, 3.63) is 34.9 Å². The molecule has 0 radical (unpaired) electrons. The second-order valence-corrected chi connectivity index (χ2v) is 5.01. The van der Waals surface area contributed by atoms with Crippen LogP contribution in [-0.4, -0.2) is 17.3 Å². The van der Waals surface area contributed by atoms with Gasteiger partial charge in [0.05, 0.1) is 0 Å². The predicted molar refractivity (Wildman–Crippen MR) is 69.2 cm³/mol. The van der Waals surface area contributed by atoms with Gasteiger partial charge >= 0.3 is 0 Å². The van der Waals surface area contributed by atoms with Crippen LogP contribution in [-0.2, 0) is 12.8 Å². The van der Waals surface area contributed by atoms with E-state index in [4.69, 9.17) is 0 Å². The quantitative estimate of drug-likeness (QED) is 0.848. The molecule has 2 nitrogen and oxygen atoms in total. The third-order valence-electron chi connectivity index (χ3n) is 2.97. The Morgan fingerprint density at radius 3 is 2.94 bits per heavy atom. The van der Waals surface area contributed by atoms with Gasteiger partial charge in [-0.3, -0.25) is 4.79 Å². The van der Waals surface area contributed by atoms with E-state index in [1.165, 1.54) is 17.5 Å². The summed E-state index contributed by atoms with van der Waals surface area (Å²) >= 11 is 3.35. The smallest absolute Gasteiger partial charge is 0.251 e. The molecule has 1 atom stereocenters. The number of hydrogen-bond acceptors (Lipinski definition) is 1. The molecule has 86 valence electrons. The zero-order valence-electron chi connectivity index (χ0n) is 9.42. The molecule has 0 aliphatic heterocycles. The maximum Gasteiger partial charge on any atom is 0.251 e. The topological polar surface area (TPSA) is 29.1 Å². The van der Waals surface area contributed by atoms with Crippen molar-refractivity contribution in [1.29, 1.82) is 0 Å². The largest absolute Gasteiger partial charge is 0.349 e. The van der Waals surface area contributed by atoms with Crippen molar-refractivity contribution >= 4 is 21.8 Å². The number of fused-ring (bicyclic) bond motifs is 1. The number of amides is 1. The van der Waals surface area contributed by atoms with Crippen molar-refractivity contribution in [2.75, 3.05) is 5.33 Å². The normalized spacial score (nSPS) is 15.6. The minimum absolute atomic E-state index is 0.0293. The van der Waals surface area contributed by atoms with E-state index >= 15 is 0 Å². The van der Waals surface area contributed by atoms with Crippen LogP contribution in [0.4, 0.5) is 0 Å². The summed E-state index contributed by atoms with van der Waals surface area (Å²) in [6.45, 7) is 1.99. The van der Waals surface area contributed by atoms with Crippen molar-refractivity contribution < 1.29 is 4.79 Å². The van der Waals surface area contributed by atoms with Gasteiger partial charge in [0.15, 0.2) is 0 Å². The molecule has 1 aromatic rings. The molecule has 1 aromatic carbocycles. The Bertz CT molecular complexity index is 403. The predicted octanol–water partition coefficient (Wildman–Crippen LogP) is 2.69. The molecular weight excluding hydrogens is 266 g/mol. The van der Waals surface area contributed by atoms with Crippen LogP contribution >= 0.6 is 15.9 Å². The van der Waals surface area contributed by atoms with Gasteiger partial charge in [-0.2, -0.15) is 0 Å². The maximum atomic E-state index is 11.9. The van der Waals surface area contributed by atoms with Crippen LogP contribution in [0.25, 0.3) is 0 Å². The van der Waals surface area contributed by atoms with E-state index in [1.807, 2.05) is 19.1 Å². The van der Waals surface area contributed by atoms with Crippen molar-refractivity contribution in [1.82, 2.24) is 5.32 Å². The fraction of sp³-hybridized carbons (Fsp3) is 0.462. The highest BCUT2D eigenvalue weighted by molar-refractivity contribution is 9.09. The highest BCUT2D eigenvalue weighted by Crippen LogP contribution is 2.22. The first-order valence-electron chi connectivity index (χ1n) is 5.69. The number of nitrogens with one attached hydrogen (secondary N) is 1. The van der Waals surface area contributed by atoms with Gasteiger partial charge in [0.25, 0.3) is 5.91 Å². The molecule has 1 N–H and O–H groups in total. The van der Waals surface area contributed by atoms with Gasteiger partial charge in [0.1, 0.15) is 0 Å². The third-order valence-corrected chi connectivity index (χ3v) is 3.94. The number of rotatable bonds is 3. The molecule has 16 heavy (non-hydrogen) atoms. The summed E-state index contributed by atoms with van der Waals surface area (Å²) in [5.41, 5.74) is 3.54. The molecule has 0 spiro atoms. The summed E-state index contributed by atoms with van der Waals surface area (Å²) < 4.78 is 0. The first-order chi connectivity index (χ1) is 7.70. The number of aryl methyl sites for hydroxylation is 2. The van der Waals surface area contributed by atoms with E-state index in [1.54, 1.807) is 0 Å². The minimum Gasteiger partial charge on any atom is -0.349 e. The average Bonchev–Trinajstić information content (AvgIpc) is 2.75. The third kappa shape index (κ3) is 2.46. The number of benzene rings is 1. The van der Waals surface area contributed by atoms with Crippen molar-refractivity contribution in [2.45, 2.75) is 32.2 Å². The number of carbonyl (C=O) groups is 1. The lowest BCUT2D eigenvalue weighted by Crippen LogP contribution is -2.33. The minimum atomic E-state index is 0.0293. The van der Waals surface area contributed by atoms with Crippen LogP contribution in [0.1, 0.15) is 34.8 Å². The summed E-state index contributed by atoms with van der Waals surface area (Å²) in [5.74, 6) is 0.0293. The van der Waals surface area contributed by atoms with Crippen LogP contribution in [0.5, 0.6) is 0 Å². The molecule has 2 rings (SSSR count). The number of halogens is 1. The van der Waals surface area contributed by atoms with E-state index in [0.717, 1.165) is 23.7 Å².